The number of thiazole rings is 1. The van der Waals surface area contributed by atoms with E-state index in [2.05, 4.69) is 10.3 Å². The summed E-state index contributed by atoms with van der Waals surface area (Å²) in [5.41, 5.74) is 6.42. The molecule has 2 aromatic rings. The van der Waals surface area contributed by atoms with Crippen molar-refractivity contribution in [3.05, 3.63) is 24.3 Å². The average Bonchev–Trinajstić information content (AvgIpc) is 2.77. The van der Waals surface area contributed by atoms with Gasteiger partial charge < -0.3 is 11.1 Å². The lowest BCUT2D eigenvalue weighted by Gasteiger charge is -2.06. The third kappa shape index (κ3) is 3.44. The van der Waals surface area contributed by atoms with Gasteiger partial charge in [0.1, 0.15) is 0 Å². The maximum absolute atomic E-state index is 11.7. The topological polar surface area (TPSA) is 68.0 Å². The number of hydrogen-bond acceptors (Lipinski definition) is 5. The molecule has 0 radical (unpaired) electrons. The van der Waals surface area contributed by atoms with E-state index in [-0.39, 0.29) is 5.91 Å². The highest BCUT2D eigenvalue weighted by molar-refractivity contribution is 8.00. The van der Waals surface area contributed by atoms with Gasteiger partial charge in [-0.3, -0.25) is 4.79 Å². The van der Waals surface area contributed by atoms with Gasteiger partial charge in [0.15, 0.2) is 5.13 Å². The zero-order chi connectivity index (χ0) is 13.0. The first-order chi connectivity index (χ1) is 8.69. The molecular weight excluding hydrogens is 266 g/mol. The molecular formula is C12H15N3OS2. The lowest BCUT2D eigenvalue weighted by Crippen LogP contribution is -2.19. The van der Waals surface area contributed by atoms with Gasteiger partial charge >= 0.3 is 0 Å². The molecule has 1 unspecified atom stereocenters. The molecule has 18 heavy (non-hydrogen) atoms. The second-order valence-electron chi connectivity index (χ2n) is 3.89. The van der Waals surface area contributed by atoms with Gasteiger partial charge in [-0.05, 0) is 12.1 Å². The minimum Gasteiger partial charge on any atom is -0.329 e. The van der Waals surface area contributed by atoms with Gasteiger partial charge in [-0.15, -0.1) is 11.8 Å². The van der Waals surface area contributed by atoms with E-state index in [0.29, 0.717) is 22.7 Å². The van der Waals surface area contributed by atoms with Crippen molar-refractivity contribution in [2.24, 2.45) is 5.73 Å². The molecule has 1 amide bonds. The Hall–Kier alpha value is -1.11. The molecule has 3 N–H and O–H groups in total. The van der Waals surface area contributed by atoms with E-state index in [1.165, 1.54) is 11.3 Å². The molecule has 1 atom stereocenters. The number of para-hydroxylation sites is 1. The minimum absolute atomic E-state index is 0.0284. The SMILES string of the molecule is CC(CN)SCC(=O)Nc1nc2ccccc2s1. The summed E-state index contributed by atoms with van der Waals surface area (Å²) in [4.78, 5) is 16.1. The summed E-state index contributed by atoms with van der Waals surface area (Å²) in [6, 6.07) is 7.83. The number of aromatic nitrogens is 1. The number of nitrogens with one attached hydrogen (secondary N) is 1. The third-order valence-corrected chi connectivity index (χ3v) is 4.51. The monoisotopic (exact) mass is 281 g/mol. The van der Waals surface area contributed by atoms with E-state index >= 15 is 0 Å². The van der Waals surface area contributed by atoms with Crippen molar-refractivity contribution in [1.29, 1.82) is 0 Å². The van der Waals surface area contributed by atoms with Crippen LogP contribution in [0.1, 0.15) is 6.92 Å². The molecule has 0 aliphatic heterocycles. The second-order valence-corrected chi connectivity index (χ2v) is 6.35. The summed E-state index contributed by atoms with van der Waals surface area (Å²) >= 11 is 3.04. The van der Waals surface area contributed by atoms with Crippen LogP contribution in [-0.4, -0.2) is 28.4 Å². The largest absolute Gasteiger partial charge is 0.329 e. The number of carbonyl (C=O) groups excluding carboxylic acids is 1. The summed E-state index contributed by atoms with van der Waals surface area (Å²) in [6.07, 6.45) is 0. The summed E-state index contributed by atoms with van der Waals surface area (Å²) < 4.78 is 1.08. The van der Waals surface area contributed by atoms with Gasteiger partial charge in [0, 0.05) is 11.8 Å². The van der Waals surface area contributed by atoms with E-state index in [4.69, 9.17) is 5.73 Å². The molecule has 6 heteroatoms. The van der Waals surface area contributed by atoms with Gasteiger partial charge in [0.05, 0.1) is 16.0 Å². The number of carbonyl (C=O) groups is 1. The Morgan fingerprint density at radius 2 is 2.33 bits per heavy atom. The molecule has 0 spiro atoms. The number of thioether (sulfide) groups is 1. The van der Waals surface area contributed by atoms with E-state index in [0.717, 1.165) is 10.2 Å². The zero-order valence-electron chi connectivity index (χ0n) is 10.1. The molecule has 1 heterocycles. The fourth-order valence-corrected chi connectivity index (χ4v) is 2.89. The first kappa shape index (κ1) is 13.3. The second kappa shape index (κ2) is 6.17. The number of hydrogen-bond donors (Lipinski definition) is 2. The Bertz CT molecular complexity index is 508. The zero-order valence-corrected chi connectivity index (χ0v) is 11.7. The Morgan fingerprint density at radius 1 is 1.56 bits per heavy atom. The standard InChI is InChI=1S/C12H15N3OS2/c1-8(6-13)17-7-11(16)15-12-14-9-4-2-3-5-10(9)18-12/h2-5,8H,6-7,13H2,1H3,(H,14,15,16). The van der Waals surface area contributed by atoms with Crippen LogP contribution in [0, 0.1) is 0 Å². The normalized spacial score (nSPS) is 12.6. The molecule has 0 bridgehead atoms. The number of fused-ring (bicyclic) bond motifs is 1. The van der Waals surface area contributed by atoms with Gasteiger partial charge in [0.2, 0.25) is 5.91 Å². The van der Waals surface area contributed by atoms with Crippen LogP contribution in [0.25, 0.3) is 10.2 Å². The fraction of sp³-hybridized carbons (Fsp3) is 0.333. The van der Waals surface area contributed by atoms with Gasteiger partial charge in [-0.25, -0.2) is 4.98 Å². The highest BCUT2D eigenvalue weighted by atomic mass is 32.2. The predicted molar refractivity (Wildman–Crippen MR) is 79.2 cm³/mol. The van der Waals surface area contributed by atoms with Crippen molar-refractivity contribution in [3.63, 3.8) is 0 Å². The Morgan fingerprint density at radius 3 is 3.06 bits per heavy atom. The van der Waals surface area contributed by atoms with Crippen molar-refractivity contribution >= 4 is 44.4 Å². The number of nitrogens with zero attached hydrogens (tertiary/aromatic N) is 1. The lowest BCUT2D eigenvalue weighted by molar-refractivity contribution is -0.113. The van der Waals surface area contributed by atoms with Crippen LogP contribution in [0.3, 0.4) is 0 Å². The molecule has 0 saturated carbocycles. The third-order valence-electron chi connectivity index (χ3n) is 2.37. The van der Waals surface area contributed by atoms with Crippen molar-refractivity contribution in [2.75, 3.05) is 17.6 Å². The van der Waals surface area contributed by atoms with Crippen LogP contribution in [0.15, 0.2) is 24.3 Å². The van der Waals surface area contributed by atoms with E-state index in [1.807, 2.05) is 31.2 Å². The first-order valence-electron chi connectivity index (χ1n) is 5.66. The molecule has 0 saturated heterocycles. The number of nitrogens with two attached hydrogens (primary N) is 1. The average molecular weight is 281 g/mol. The molecule has 4 nitrogen and oxygen atoms in total. The highest BCUT2D eigenvalue weighted by Crippen LogP contribution is 2.25. The summed E-state index contributed by atoms with van der Waals surface area (Å²) in [5, 5.41) is 3.77. The molecule has 1 aromatic carbocycles. The van der Waals surface area contributed by atoms with Crippen molar-refractivity contribution < 1.29 is 4.79 Å². The molecule has 0 aliphatic carbocycles. The van der Waals surface area contributed by atoms with Crippen LogP contribution in [0.2, 0.25) is 0 Å². The van der Waals surface area contributed by atoms with Gasteiger partial charge in [-0.2, -0.15) is 0 Å². The highest BCUT2D eigenvalue weighted by Gasteiger charge is 2.09. The molecule has 0 fully saturated rings. The minimum atomic E-state index is -0.0284. The predicted octanol–water partition coefficient (Wildman–Crippen LogP) is 2.32. The molecule has 2 rings (SSSR count). The van der Waals surface area contributed by atoms with Crippen LogP contribution in [-0.2, 0) is 4.79 Å². The van der Waals surface area contributed by atoms with Crippen LogP contribution in [0.5, 0.6) is 0 Å². The lowest BCUT2D eigenvalue weighted by atomic mass is 10.3. The summed E-state index contributed by atoms with van der Waals surface area (Å²) in [7, 11) is 0. The maximum Gasteiger partial charge on any atom is 0.236 e. The van der Waals surface area contributed by atoms with Gasteiger partial charge in [-0.1, -0.05) is 30.4 Å². The fourth-order valence-electron chi connectivity index (χ4n) is 1.37. The van der Waals surface area contributed by atoms with E-state index in [1.54, 1.807) is 11.8 Å². The number of amides is 1. The first-order valence-corrected chi connectivity index (χ1v) is 7.52. The number of rotatable bonds is 5. The maximum atomic E-state index is 11.7. The number of anilines is 1. The Balaban J connectivity index is 1.94. The molecule has 96 valence electrons. The quantitative estimate of drug-likeness (QED) is 0.882. The van der Waals surface area contributed by atoms with Crippen LogP contribution >= 0.6 is 23.1 Å². The van der Waals surface area contributed by atoms with Gasteiger partial charge in [0.25, 0.3) is 0 Å². The van der Waals surface area contributed by atoms with E-state index < -0.39 is 0 Å². The van der Waals surface area contributed by atoms with Crippen molar-refractivity contribution in [1.82, 2.24) is 4.98 Å². The summed E-state index contributed by atoms with van der Waals surface area (Å²) in [5.74, 6) is 0.383. The Labute approximate surface area is 114 Å². The number of benzene rings is 1. The van der Waals surface area contributed by atoms with Crippen LogP contribution in [0.4, 0.5) is 5.13 Å². The van der Waals surface area contributed by atoms with E-state index in [9.17, 15) is 4.79 Å². The van der Waals surface area contributed by atoms with Crippen LogP contribution < -0.4 is 11.1 Å². The Kier molecular flexibility index (Phi) is 4.57. The van der Waals surface area contributed by atoms with Crippen molar-refractivity contribution in [3.8, 4) is 0 Å². The molecule has 0 aliphatic rings. The van der Waals surface area contributed by atoms with Crippen molar-refractivity contribution in [2.45, 2.75) is 12.2 Å². The molecule has 1 aromatic heterocycles. The smallest absolute Gasteiger partial charge is 0.236 e. The summed E-state index contributed by atoms with van der Waals surface area (Å²) in [6.45, 7) is 2.59.